The molecule has 9 heteroatoms. The Hall–Kier alpha value is -3.30. The quantitative estimate of drug-likeness (QED) is 0.305. The average Bonchev–Trinajstić information content (AvgIpc) is 3.19. The summed E-state index contributed by atoms with van der Waals surface area (Å²) in [5, 5.41) is 25.6. The van der Waals surface area contributed by atoms with E-state index < -0.39 is 30.8 Å². The lowest BCUT2D eigenvalue weighted by Crippen LogP contribution is -2.51. The van der Waals surface area contributed by atoms with E-state index in [9.17, 15) is 19.6 Å². The molecule has 1 heterocycles. The maximum Gasteiger partial charge on any atom is 0.475 e. The third kappa shape index (κ3) is 5.65. The van der Waals surface area contributed by atoms with Crippen molar-refractivity contribution in [2.75, 3.05) is 7.11 Å². The second kappa shape index (κ2) is 10.1. The lowest BCUT2D eigenvalue weighted by atomic mass is 9.75. The van der Waals surface area contributed by atoms with E-state index in [1.165, 1.54) is 13.2 Å². The second-order valence-electron chi connectivity index (χ2n) is 7.28. The molecule has 0 bridgehead atoms. The smallest absolute Gasteiger partial charge is 0.475 e. The van der Waals surface area contributed by atoms with Crippen molar-refractivity contribution in [3.63, 3.8) is 0 Å². The normalized spacial score (nSPS) is 12.8. The second-order valence-corrected chi connectivity index (χ2v) is 7.28. The molecule has 0 saturated carbocycles. The minimum Gasteiger partial charge on any atom is -0.497 e. The number of fused-ring (bicyclic) bond motifs is 1. The number of ether oxygens (including phenoxy) is 1. The Balaban J connectivity index is 1.59. The van der Waals surface area contributed by atoms with Crippen LogP contribution < -0.4 is 15.4 Å². The fourth-order valence-corrected chi connectivity index (χ4v) is 3.21. The summed E-state index contributed by atoms with van der Waals surface area (Å²) in [4.78, 5) is 25.0. The van der Waals surface area contributed by atoms with Gasteiger partial charge < -0.3 is 29.8 Å². The molecule has 1 unspecified atom stereocenters. The summed E-state index contributed by atoms with van der Waals surface area (Å²) in [5.74, 6) is -2.42. The Morgan fingerprint density at radius 2 is 1.90 bits per heavy atom. The Kier molecular flexibility index (Phi) is 7.33. The van der Waals surface area contributed by atoms with Gasteiger partial charge in [0.25, 0.3) is 0 Å². The fourth-order valence-electron chi connectivity index (χ4n) is 3.21. The first kappa shape index (κ1) is 22.4. The van der Waals surface area contributed by atoms with Gasteiger partial charge in [-0.2, -0.15) is 0 Å². The minimum absolute atomic E-state index is 0.137. The number of para-hydroxylation sites is 1. The van der Waals surface area contributed by atoms with E-state index in [1.54, 1.807) is 25.3 Å². The molecule has 0 radical (unpaired) electrons. The van der Waals surface area contributed by atoms with Gasteiger partial charge in [0.1, 0.15) is 17.3 Å². The Morgan fingerprint density at radius 1 is 1.13 bits per heavy atom. The number of benzene rings is 2. The third-order valence-corrected chi connectivity index (χ3v) is 5.08. The van der Waals surface area contributed by atoms with Crippen LogP contribution in [0.25, 0.3) is 11.0 Å². The zero-order valence-corrected chi connectivity index (χ0v) is 17.4. The van der Waals surface area contributed by atoms with E-state index in [2.05, 4.69) is 10.6 Å². The van der Waals surface area contributed by atoms with Crippen LogP contribution in [-0.4, -0.2) is 42.0 Å². The highest BCUT2D eigenvalue weighted by atomic mass is 16.5. The van der Waals surface area contributed by atoms with Crippen molar-refractivity contribution in [3.8, 4) is 5.75 Å². The number of amides is 2. The predicted octanol–water partition coefficient (Wildman–Crippen LogP) is 1.43. The molecule has 3 aromatic rings. The highest BCUT2D eigenvalue weighted by Gasteiger charge is 2.30. The minimum atomic E-state index is -1.80. The van der Waals surface area contributed by atoms with E-state index in [-0.39, 0.29) is 13.0 Å². The van der Waals surface area contributed by atoms with Crippen molar-refractivity contribution in [1.82, 2.24) is 10.6 Å². The highest BCUT2D eigenvalue weighted by Crippen LogP contribution is 2.22. The number of hydrogen-bond donors (Lipinski definition) is 4. The summed E-state index contributed by atoms with van der Waals surface area (Å²) in [6, 6.07) is 14.6. The van der Waals surface area contributed by atoms with Gasteiger partial charge in [-0.1, -0.05) is 30.3 Å². The van der Waals surface area contributed by atoms with Crippen molar-refractivity contribution in [2.45, 2.75) is 25.8 Å². The molecule has 0 aliphatic carbocycles. The van der Waals surface area contributed by atoms with E-state index in [4.69, 9.17) is 9.15 Å². The Bertz CT molecular complexity index is 1050. The zero-order valence-electron chi connectivity index (χ0n) is 17.4. The van der Waals surface area contributed by atoms with Crippen molar-refractivity contribution in [2.24, 2.45) is 5.92 Å². The van der Waals surface area contributed by atoms with Crippen LogP contribution in [0.3, 0.4) is 0 Å². The molecule has 0 saturated heterocycles. The summed E-state index contributed by atoms with van der Waals surface area (Å²) < 4.78 is 10.6. The van der Waals surface area contributed by atoms with Crippen LogP contribution in [0.4, 0.5) is 0 Å². The van der Waals surface area contributed by atoms with Crippen LogP contribution in [0.5, 0.6) is 5.75 Å². The number of rotatable bonds is 9. The number of nitrogens with one attached hydrogen (secondary N) is 2. The average molecular weight is 424 g/mol. The highest BCUT2D eigenvalue weighted by molar-refractivity contribution is 6.43. The van der Waals surface area contributed by atoms with Crippen LogP contribution in [-0.2, 0) is 22.6 Å². The van der Waals surface area contributed by atoms with Crippen molar-refractivity contribution in [1.29, 1.82) is 0 Å². The summed E-state index contributed by atoms with van der Waals surface area (Å²) in [6.07, 6.45) is 1.66. The summed E-state index contributed by atoms with van der Waals surface area (Å²) in [6.45, 7) is 1.70. The van der Waals surface area contributed by atoms with Gasteiger partial charge in [0.2, 0.25) is 11.8 Å². The zero-order chi connectivity index (χ0) is 22.4. The molecule has 0 aliphatic heterocycles. The molecule has 0 aliphatic rings. The van der Waals surface area contributed by atoms with Crippen molar-refractivity contribution < 1.29 is 28.8 Å². The first-order valence-electron chi connectivity index (χ1n) is 9.91. The van der Waals surface area contributed by atoms with Gasteiger partial charge in [0.15, 0.2) is 0 Å². The van der Waals surface area contributed by atoms with Crippen molar-refractivity contribution in [3.05, 3.63) is 65.9 Å². The summed E-state index contributed by atoms with van der Waals surface area (Å²) >= 11 is 0. The molecule has 31 heavy (non-hydrogen) atoms. The lowest BCUT2D eigenvalue weighted by Gasteiger charge is -2.20. The molecule has 3 rings (SSSR count). The molecular formula is C22H25BN2O6. The van der Waals surface area contributed by atoms with Crippen LogP contribution >= 0.6 is 0 Å². The Labute approximate surface area is 180 Å². The first-order chi connectivity index (χ1) is 14.9. The van der Waals surface area contributed by atoms with Crippen LogP contribution in [0.15, 0.2) is 59.2 Å². The SMILES string of the molecule is COc1cccc(CNC(=O)C(C)C(=O)N[C@@H](Cc2coc3ccccc23)B(O)O)c1. The van der Waals surface area contributed by atoms with Gasteiger partial charge in [0.05, 0.1) is 19.3 Å². The molecule has 2 amide bonds. The number of hydrogen-bond acceptors (Lipinski definition) is 6. The van der Waals surface area contributed by atoms with Gasteiger partial charge in [0, 0.05) is 11.9 Å². The maximum atomic E-state index is 12.6. The van der Waals surface area contributed by atoms with Gasteiger partial charge in [-0.15, -0.1) is 0 Å². The number of furan rings is 1. The Morgan fingerprint density at radius 3 is 2.65 bits per heavy atom. The van der Waals surface area contributed by atoms with Crippen LogP contribution in [0, 0.1) is 5.92 Å². The van der Waals surface area contributed by atoms with Crippen LogP contribution in [0.1, 0.15) is 18.1 Å². The molecule has 2 atom stereocenters. The van der Waals surface area contributed by atoms with E-state index in [0.29, 0.717) is 11.3 Å². The fraction of sp³-hybridized carbons (Fsp3) is 0.273. The third-order valence-electron chi connectivity index (χ3n) is 5.08. The van der Waals surface area contributed by atoms with Crippen molar-refractivity contribution >= 4 is 29.9 Å². The van der Waals surface area contributed by atoms with Gasteiger partial charge in [-0.05, 0) is 42.7 Å². The molecule has 162 valence electrons. The van der Waals surface area contributed by atoms with E-state index in [0.717, 1.165) is 16.5 Å². The molecule has 4 N–H and O–H groups in total. The molecule has 2 aromatic carbocycles. The summed E-state index contributed by atoms with van der Waals surface area (Å²) in [7, 11) is -0.243. The van der Waals surface area contributed by atoms with Crippen LogP contribution in [0.2, 0.25) is 0 Å². The molecule has 0 spiro atoms. The van der Waals surface area contributed by atoms with Gasteiger partial charge in [-0.3, -0.25) is 9.59 Å². The number of methoxy groups -OCH3 is 1. The first-order valence-corrected chi connectivity index (χ1v) is 9.91. The lowest BCUT2D eigenvalue weighted by molar-refractivity contribution is -0.134. The predicted molar refractivity (Wildman–Crippen MR) is 116 cm³/mol. The molecule has 8 nitrogen and oxygen atoms in total. The number of carbonyl (C=O) groups excluding carboxylic acids is 2. The molecular weight excluding hydrogens is 399 g/mol. The van der Waals surface area contributed by atoms with Gasteiger partial charge in [-0.25, -0.2) is 0 Å². The molecule has 0 fully saturated rings. The number of carbonyl (C=O) groups is 2. The largest absolute Gasteiger partial charge is 0.497 e. The topological polar surface area (TPSA) is 121 Å². The summed E-state index contributed by atoms with van der Waals surface area (Å²) in [5.41, 5.74) is 2.22. The monoisotopic (exact) mass is 424 g/mol. The van der Waals surface area contributed by atoms with Gasteiger partial charge >= 0.3 is 7.12 Å². The van der Waals surface area contributed by atoms with E-state index in [1.807, 2.05) is 30.3 Å². The maximum absolute atomic E-state index is 12.6. The van der Waals surface area contributed by atoms with E-state index >= 15 is 0 Å². The standard InChI is InChI=1S/C22H25BN2O6/c1-14(21(26)24-12-15-6-5-7-17(10-15)30-2)22(27)25-20(23(28)29)11-16-13-31-19-9-4-3-8-18(16)19/h3-10,13-14,20,28-29H,11-12H2,1-2H3,(H,24,26)(H,25,27)/t14?,20-/m0/s1. The molecule has 1 aromatic heterocycles.